The van der Waals surface area contributed by atoms with Crippen LogP contribution in [0, 0.1) is 13.8 Å². The number of likely N-dealkylation sites (N-methyl/N-ethyl adjacent to an activating group) is 1. The Kier molecular flexibility index (Phi) is 6.30. The minimum Gasteiger partial charge on any atom is -0.336 e. The van der Waals surface area contributed by atoms with Gasteiger partial charge >= 0.3 is 0 Å². The average molecular weight is 407 g/mol. The fourth-order valence-electron chi connectivity index (χ4n) is 3.40. The van der Waals surface area contributed by atoms with Crippen molar-refractivity contribution in [3.8, 4) is 0 Å². The third-order valence-corrected chi connectivity index (χ3v) is 5.34. The second kappa shape index (κ2) is 8.90. The van der Waals surface area contributed by atoms with Crippen molar-refractivity contribution in [1.82, 2.24) is 9.80 Å². The van der Waals surface area contributed by atoms with E-state index in [0.29, 0.717) is 17.5 Å². The van der Waals surface area contributed by atoms with Crippen LogP contribution in [0.1, 0.15) is 44.7 Å². The van der Waals surface area contributed by atoms with Crippen LogP contribution < -0.4 is 5.32 Å². The van der Waals surface area contributed by atoms with Crippen LogP contribution >= 0.6 is 0 Å². The van der Waals surface area contributed by atoms with Crippen molar-refractivity contribution < 1.29 is 19.2 Å². The van der Waals surface area contributed by atoms with E-state index in [-0.39, 0.29) is 43.1 Å². The Balaban J connectivity index is 1.47. The zero-order valence-electron chi connectivity index (χ0n) is 17.4. The van der Waals surface area contributed by atoms with Crippen molar-refractivity contribution in [1.29, 1.82) is 0 Å². The first-order valence-electron chi connectivity index (χ1n) is 9.85. The molecule has 1 N–H and O–H groups in total. The highest BCUT2D eigenvalue weighted by Crippen LogP contribution is 2.22. The van der Waals surface area contributed by atoms with E-state index in [1.165, 1.54) is 9.80 Å². The van der Waals surface area contributed by atoms with Gasteiger partial charge in [0.1, 0.15) is 0 Å². The Hall–Kier alpha value is -3.48. The summed E-state index contributed by atoms with van der Waals surface area (Å²) in [7, 11) is 1.56. The molecule has 0 saturated carbocycles. The van der Waals surface area contributed by atoms with E-state index in [4.69, 9.17) is 0 Å². The van der Waals surface area contributed by atoms with Crippen LogP contribution in [0.2, 0.25) is 0 Å². The molecule has 1 aliphatic heterocycles. The van der Waals surface area contributed by atoms with Crippen molar-refractivity contribution in [2.45, 2.75) is 26.7 Å². The van der Waals surface area contributed by atoms with Crippen LogP contribution in [0.4, 0.5) is 5.69 Å². The summed E-state index contributed by atoms with van der Waals surface area (Å²) >= 11 is 0. The number of carbonyl (C=O) groups is 4. The Labute approximate surface area is 175 Å². The largest absolute Gasteiger partial charge is 0.336 e. The number of hydrogen-bond donors (Lipinski definition) is 1. The molecule has 156 valence electrons. The van der Waals surface area contributed by atoms with Crippen molar-refractivity contribution in [2.24, 2.45) is 0 Å². The van der Waals surface area contributed by atoms with Crippen LogP contribution in [0.25, 0.3) is 0 Å². The SMILES string of the molecule is Cc1cccc(NC(=O)CN(C)C(=O)CCCN2C(=O)c3ccccc3C2=O)c1C. The highest BCUT2D eigenvalue weighted by Gasteiger charge is 2.34. The number of nitrogens with one attached hydrogen (secondary N) is 1. The molecule has 0 spiro atoms. The van der Waals surface area contributed by atoms with E-state index in [1.54, 1.807) is 31.3 Å². The van der Waals surface area contributed by atoms with Crippen LogP contribution in [-0.2, 0) is 9.59 Å². The van der Waals surface area contributed by atoms with Gasteiger partial charge in [-0.3, -0.25) is 24.1 Å². The van der Waals surface area contributed by atoms with Gasteiger partial charge < -0.3 is 10.2 Å². The molecule has 3 rings (SSSR count). The summed E-state index contributed by atoms with van der Waals surface area (Å²) in [5.74, 6) is -1.16. The topological polar surface area (TPSA) is 86.8 Å². The molecule has 1 heterocycles. The summed E-state index contributed by atoms with van der Waals surface area (Å²) in [6.07, 6.45) is 0.480. The van der Waals surface area contributed by atoms with Crippen LogP contribution in [0.3, 0.4) is 0 Å². The minimum atomic E-state index is -0.329. The average Bonchev–Trinajstić information content (AvgIpc) is 2.96. The molecule has 0 bridgehead atoms. The third kappa shape index (κ3) is 4.40. The zero-order chi connectivity index (χ0) is 21.8. The van der Waals surface area contributed by atoms with Gasteiger partial charge in [-0.05, 0) is 49.6 Å². The van der Waals surface area contributed by atoms with Gasteiger partial charge in [0, 0.05) is 25.7 Å². The molecule has 2 aromatic carbocycles. The standard InChI is InChI=1S/C23H25N3O4/c1-15-8-6-11-19(16(15)2)24-20(27)14-25(3)21(28)12-7-13-26-22(29)17-9-4-5-10-18(17)23(26)30/h4-6,8-11H,7,12-14H2,1-3H3,(H,24,27). The number of rotatable bonds is 7. The summed E-state index contributed by atoms with van der Waals surface area (Å²) in [6, 6.07) is 12.3. The minimum absolute atomic E-state index is 0.0702. The Morgan fingerprint density at radius 1 is 0.967 bits per heavy atom. The molecule has 4 amide bonds. The third-order valence-electron chi connectivity index (χ3n) is 5.34. The molecule has 30 heavy (non-hydrogen) atoms. The zero-order valence-corrected chi connectivity index (χ0v) is 17.4. The Bertz CT molecular complexity index is 980. The van der Waals surface area contributed by atoms with Crippen molar-refractivity contribution in [3.63, 3.8) is 0 Å². The van der Waals surface area contributed by atoms with E-state index in [0.717, 1.165) is 16.8 Å². The maximum atomic E-state index is 12.4. The summed E-state index contributed by atoms with van der Waals surface area (Å²) in [5.41, 5.74) is 3.58. The van der Waals surface area contributed by atoms with Gasteiger partial charge in [0.2, 0.25) is 11.8 Å². The van der Waals surface area contributed by atoms with Gasteiger partial charge in [0.25, 0.3) is 11.8 Å². The predicted octanol–water partition coefficient (Wildman–Crippen LogP) is 2.78. The van der Waals surface area contributed by atoms with Crippen LogP contribution in [-0.4, -0.2) is 53.6 Å². The van der Waals surface area contributed by atoms with Gasteiger partial charge in [0.05, 0.1) is 17.7 Å². The number of nitrogens with zero attached hydrogens (tertiary/aromatic N) is 2. The molecule has 2 aromatic rings. The number of imide groups is 1. The van der Waals surface area contributed by atoms with Gasteiger partial charge in [-0.25, -0.2) is 0 Å². The lowest BCUT2D eigenvalue weighted by Gasteiger charge is -2.19. The second-order valence-electron chi connectivity index (χ2n) is 7.46. The van der Waals surface area contributed by atoms with E-state index >= 15 is 0 Å². The lowest BCUT2D eigenvalue weighted by molar-refractivity contribution is -0.133. The number of anilines is 1. The summed E-state index contributed by atoms with van der Waals surface area (Å²) in [6.45, 7) is 3.99. The Morgan fingerprint density at radius 3 is 2.23 bits per heavy atom. The molecular weight excluding hydrogens is 382 g/mol. The van der Waals surface area contributed by atoms with Crippen molar-refractivity contribution >= 4 is 29.3 Å². The molecule has 0 radical (unpaired) electrons. The first-order valence-corrected chi connectivity index (χ1v) is 9.85. The molecule has 7 heteroatoms. The predicted molar refractivity (Wildman–Crippen MR) is 113 cm³/mol. The molecule has 0 saturated heterocycles. The number of hydrogen-bond acceptors (Lipinski definition) is 4. The number of fused-ring (bicyclic) bond motifs is 1. The number of aryl methyl sites for hydroxylation is 1. The van der Waals surface area contributed by atoms with E-state index in [9.17, 15) is 19.2 Å². The van der Waals surface area contributed by atoms with Crippen LogP contribution in [0.5, 0.6) is 0 Å². The molecular formula is C23H25N3O4. The fourth-order valence-corrected chi connectivity index (χ4v) is 3.40. The van der Waals surface area contributed by atoms with Gasteiger partial charge in [0.15, 0.2) is 0 Å². The highest BCUT2D eigenvalue weighted by molar-refractivity contribution is 6.21. The van der Waals surface area contributed by atoms with Crippen LogP contribution in [0.15, 0.2) is 42.5 Å². The second-order valence-corrected chi connectivity index (χ2v) is 7.46. The summed E-state index contributed by atoms with van der Waals surface area (Å²) in [5, 5.41) is 2.83. The quantitative estimate of drug-likeness (QED) is 0.715. The molecule has 0 atom stereocenters. The van der Waals surface area contributed by atoms with Gasteiger partial charge in [-0.15, -0.1) is 0 Å². The molecule has 0 aliphatic carbocycles. The maximum Gasteiger partial charge on any atom is 0.261 e. The highest BCUT2D eigenvalue weighted by atomic mass is 16.2. The fraction of sp³-hybridized carbons (Fsp3) is 0.304. The van der Waals surface area contributed by atoms with E-state index < -0.39 is 0 Å². The van der Waals surface area contributed by atoms with E-state index in [1.807, 2.05) is 32.0 Å². The summed E-state index contributed by atoms with van der Waals surface area (Å²) < 4.78 is 0. The monoisotopic (exact) mass is 407 g/mol. The first kappa shape index (κ1) is 21.2. The number of carbonyl (C=O) groups excluding carboxylic acids is 4. The lowest BCUT2D eigenvalue weighted by atomic mass is 10.1. The normalized spacial score (nSPS) is 12.7. The van der Waals surface area contributed by atoms with Gasteiger partial charge in [-0.1, -0.05) is 24.3 Å². The molecule has 0 unspecified atom stereocenters. The Morgan fingerprint density at radius 2 is 1.60 bits per heavy atom. The molecule has 0 fully saturated rings. The number of amides is 4. The molecule has 0 aromatic heterocycles. The first-order chi connectivity index (χ1) is 14.3. The molecule has 1 aliphatic rings. The molecule has 7 nitrogen and oxygen atoms in total. The van der Waals surface area contributed by atoms with Gasteiger partial charge in [-0.2, -0.15) is 0 Å². The van der Waals surface area contributed by atoms with E-state index in [2.05, 4.69) is 5.32 Å². The summed E-state index contributed by atoms with van der Waals surface area (Å²) in [4.78, 5) is 51.9. The smallest absolute Gasteiger partial charge is 0.261 e. The van der Waals surface area contributed by atoms with Crippen molar-refractivity contribution in [3.05, 3.63) is 64.7 Å². The lowest BCUT2D eigenvalue weighted by Crippen LogP contribution is -2.36. The van der Waals surface area contributed by atoms with Crippen molar-refractivity contribution in [2.75, 3.05) is 25.5 Å². The maximum absolute atomic E-state index is 12.4. The number of benzene rings is 2.